The second kappa shape index (κ2) is 5.98. The number of alkyl halides is 3. The molecule has 1 atom stereocenters. The molecule has 0 radical (unpaired) electrons. The molecule has 1 heterocycles. The lowest BCUT2D eigenvalue weighted by Gasteiger charge is -2.20. The van der Waals surface area contributed by atoms with Crippen molar-refractivity contribution in [1.29, 1.82) is 0 Å². The highest BCUT2D eigenvalue weighted by Crippen LogP contribution is 2.40. The Hall–Kier alpha value is -2.71. The molecule has 0 spiro atoms. The molecule has 2 aromatic rings. The van der Waals surface area contributed by atoms with Gasteiger partial charge in [-0.1, -0.05) is 23.3 Å². The maximum Gasteiger partial charge on any atom is 0.416 e. The molecule has 0 saturated carbocycles. The Kier molecular flexibility index (Phi) is 4.09. The molecule has 1 aliphatic rings. The number of rotatable bonds is 3. The zero-order valence-electron chi connectivity index (χ0n) is 12.6. The lowest BCUT2D eigenvalue weighted by atomic mass is 10.1. The number of anilines is 1. The molecular formula is C15H11F3N4O2S. The summed E-state index contributed by atoms with van der Waals surface area (Å²) in [6.45, 7) is -0.104. The van der Waals surface area contributed by atoms with Gasteiger partial charge in [0.1, 0.15) is 0 Å². The number of para-hydroxylation sites is 1. The predicted octanol–water partition coefficient (Wildman–Crippen LogP) is 4.27. The SMILES string of the molecule is [N-]=[N+]=NC1CN(S(=O)(=O)c2ccc(C(F)(F)F)cc2)c2ccccc21. The predicted molar refractivity (Wildman–Crippen MR) is 84.3 cm³/mol. The van der Waals surface area contributed by atoms with Crippen LogP contribution in [0.2, 0.25) is 0 Å². The number of azide groups is 1. The standard InChI is InChI=1S/C15H11F3N4O2S/c16-15(17,18)10-5-7-11(8-6-10)25(23,24)22-9-13(20-21-19)12-3-1-2-4-14(12)22/h1-8,13H,9H2. The van der Waals surface area contributed by atoms with Crippen molar-refractivity contribution >= 4 is 15.7 Å². The van der Waals surface area contributed by atoms with Crippen LogP contribution in [0.4, 0.5) is 18.9 Å². The van der Waals surface area contributed by atoms with Crippen molar-refractivity contribution in [2.24, 2.45) is 5.11 Å². The molecule has 25 heavy (non-hydrogen) atoms. The summed E-state index contributed by atoms with van der Waals surface area (Å²) >= 11 is 0. The number of halogens is 3. The molecule has 2 aromatic carbocycles. The molecule has 3 rings (SSSR count). The van der Waals surface area contributed by atoms with Gasteiger partial charge < -0.3 is 0 Å². The average molecular weight is 368 g/mol. The minimum absolute atomic E-state index is 0.104. The van der Waals surface area contributed by atoms with Crippen molar-refractivity contribution < 1.29 is 21.6 Å². The average Bonchev–Trinajstić information content (AvgIpc) is 2.94. The largest absolute Gasteiger partial charge is 0.416 e. The van der Waals surface area contributed by atoms with E-state index in [2.05, 4.69) is 10.0 Å². The number of sulfonamides is 1. The maximum atomic E-state index is 12.8. The van der Waals surface area contributed by atoms with Crippen LogP contribution in [-0.4, -0.2) is 15.0 Å². The monoisotopic (exact) mass is 368 g/mol. The van der Waals surface area contributed by atoms with Gasteiger partial charge in [0.2, 0.25) is 0 Å². The van der Waals surface area contributed by atoms with Crippen molar-refractivity contribution in [3.8, 4) is 0 Å². The highest BCUT2D eigenvalue weighted by molar-refractivity contribution is 7.92. The van der Waals surface area contributed by atoms with Gasteiger partial charge in [0, 0.05) is 11.5 Å². The van der Waals surface area contributed by atoms with Crippen LogP contribution in [0.25, 0.3) is 10.4 Å². The lowest BCUT2D eigenvalue weighted by Crippen LogP contribution is -2.29. The fourth-order valence-corrected chi connectivity index (χ4v) is 4.18. The number of hydrogen-bond donors (Lipinski definition) is 0. The van der Waals surface area contributed by atoms with Gasteiger partial charge in [0.05, 0.1) is 22.2 Å². The van der Waals surface area contributed by atoms with Gasteiger partial charge in [-0.3, -0.25) is 4.31 Å². The van der Waals surface area contributed by atoms with Crippen molar-refractivity contribution in [2.75, 3.05) is 10.8 Å². The summed E-state index contributed by atoms with van der Waals surface area (Å²) in [6.07, 6.45) is -4.55. The molecule has 0 aromatic heterocycles. The molecule has 6 nitrogen and oxygen atoms in total. The molecule has 1 unspecified atom stereocenters. The zero-order valence-corrected chi connectivity index (χ0v) is 13.4. The van der Waals surface area contributed by atoms with Gasteiger partial charge >= 0.3 is 6.18 Å². The molecule has 0 aliphatic carbocycles. The van der Waals surface area contributed by atoms with Crippen LogP contribution in [0.1, 0.15) is 17.2 Å². The minimum Gasteiger partial charge on any atom is -0.265 e. The fourth-order valence-electron chi connectivity index (χ4n) is 2.68. The summed E-state index contributed by atoms with van der Waals surface area (Å²) in [7, 11) is -4.08. The summed E-state index contributed by atoms with van der Waals surface area (Å²) in [4.78, 5) is 2.46. The van der Waals surface area contributed by atoms with Gasteiger partial charge in [0.25, 0.3) is 10.0 Å². The van der Waals surface area contributed by atoms with E-state index in [-0.39, 0.29) is 11.4 Å². The van der Waals surface area contributed by atoms with E-state index in [9.17, 15) is 21.6 Å². The van der Waals surface area contributed by atoms with Crippen molar-refractivity contribution in [3.63, 3.8) is 0 Å². The van der Waals surface area contributed by atoms with Gasteiger partial charge in [-0.15, -0.1) is 0 Å². The summed E-state index contributed by atoms with van der Waals surface area (Å²) in [5.41, 5.74) is 8.62. The molecule has 130 valence electrons. The third kappa shape index (κ3) is 3.01. The van der Waals surface area contributed by atoms with E-state index in [1.165, 1.54) is 0 Å². The van der Waals surface area contributed by atoms with Crippen LogP contribution in [0.3, 0.4) is 0 Å². The Balaban J connectivity index is 2.02. The van der Waals surface area contributed by atoms with Crippen molar-refractivity contribution in [3.05, 3.63) is 70.1 Å². The van der Waals surface area contributed by atoms with E-state index in [0.29, 0.717) is 11.3 Å². The highest BCUT2D eigenvalue weighted by atomic mass is 32.2. The molecule has 0 N–H and O–H groups in total. The smallest absolute Gasteiger partial charge is 0.265 e. The van der Waals surface area contributed by atoms with Crippen LogP contribution >= 0.6 is 0 Å². The van der Waals surface area contributed by atoms with E-state index in [1.807, 2.05) is 0 Å². The third-order valence-electron chi connectivity index (χ3n) is 3.86. The van der Waals surface area contributed by atoms with E-state index in [0.717, 1.165) is 28.6 Å². The highest BCUT2D eigenvalue weighted by Gasteiger charge is 2.37. The zero-order chi connectivity index (χ0) is 18.2. The summed E-state index contributed by atoms with van der Waals surface area (Å²) in [5.74, 6) is 0. The molecule has 0 saturated heterocycles. The molecule has 0 amide bonds. The Bertz CT molecular complexity index is 951. The normalized spacial score (nSPS) is 17.1. The van der Waals surface area contributed by atoms with Crippen LogP contribution in [0, 0.1) is 0 Å². The lowest BCUT2D eigenvalue weighted by molar-refractivity contribution is -0.137. The molecular weight excluding hydrogens is 357 g/mol. The van der Waals surface area contributed by atoms with E-state index in [4.69, 9.17) is 5.53 Å². The molecule has 0 fully saturated rings. The summed E-state index contributed by atoms with van der Waals surface area (Å²) < 4.78 is 64.6. The first kappa shape index (κ1) is 17.1. The Morgan fingerprint density at radius 3 is 2.36 bits per heavy atom. The first-order valence-corrected chi connectivity index (χ1v) is 8.52. The number of hydrogen-bond acceptors (Lipinski definition) is 3. The topological polar surface area (TPSA) is 86.1 Å². The minimum atomic E-state index is -4.55. The van der Waals surface area contributed by atoms with E-state index in [1.54, 1.807) is 24.3 Å². The fraction of sp³-hybridized carbons (Fsp3) is 0.200. The summed E-state index contributed by atoms with van der Waals surface area (Å²) in [6, 6.07) is 9.12. The second-order valence-corrected chi connectivity index (χ2v) is 7.20. The molecule has 0 bridgehead atoms. The number of benzene rings is 2. The number of nitrogens with zero attached hydrogens (tertiary/aromatic N) is 4. The Labute approximate surface area is 141 Å². The van der Waals surface area contributed by atoms with Crippen molar-refractivity contribution in [2.45, 2.75) is 17.1 Å². The quantitative estimate of drug-likeness (QED) is 0.460. The first-order valence-electron chi connectivity index (χ1n) is 7.08. The van der Waals surface area contributed by atoms with E-state index < -0.39 is 27.8 Å². The van der Waals surface area contributed by atoms with Crippen LogP contribution in [0.15, 0.2) is 58.5 Å². The van der Waals surface area contributed by atoms with E-state index >= 15 is 0 Å². The third-order valence-corrected chi connectivity index (χ3v) is 5.66. The molecule has 1 aliphatic heterocycles. The maximum absolute atomic E-state index is 12.8. The molecule has 10 heteroatoms. The van der Waals surface area contributed by atoms with Gasteiger partial charge in [-0.25, -0.2) is 8.42 Å². The summed E-state index contributed by atoms with van der Waals surface area (Å²) in [5, 5.41) is 3.59. The Morgan fingerprint density at radius 1 is 1.12 bits per heavy atom. The van der Waals surface area contributed by atoms with Gasteiger partial charge in [-0.05, 0) is 41.4 Å². The van der Waals surface area contributed by atoms with Crippen LogP contribution < -0.4 is 4.31 Å². The van der Waals surface area contributed by atoms with Crippen LogP contribution in [-0.2, 0) is 16.2 Å². The van der Waals surface area contributed by atoms with Gasteiger partial charge in [-0.2, -0.15) is 13.2 Å². The van der Waals surface area contributed by atoms with Crippen molar-refractivity contribution in [1.82, 2.24) is 0 Å². The second-order valence-electron chi connectivity index (χ2n) is 5.34. The van der Waals surface area contributed by atoms with Crippen LogP contribution in [0.5, 0.6) is 0 Å². The number of fused-ring (bicyclic) bond motifs is 1. The van der Waals surface area contributed by atoms with Gasteiger partial charge in [0.15, 0.2) is 0 Å². The first-order chi connectivity index (χ1) is 11.7. The Morgan fingerprint density at radius 2 is 1.76 bits per heavy atom.